The van der Waals surface area contributed by atoms with Crippen molar-refractivity contribution < 1.29 is 4.79 Å². The van der Waals surface area contributed by atoms with E-state index in [1.807, 2.05) is 19.9 Å². The Morgan fingerprint density at radius 3 is 2.38 bits per heavy atom. The van der Waals surface area contributed by atoms with Gasteiger partial charge < -0.3 is 5.32 Å². The lowest BCUT2D eigenvalue weighted by Gasteiger charge is -2.27. The number of hydrogen-bond acceptors (Lipinski definition) is 2. The van der Waals surface area contributed by atoms with Crippen LogP contribution in [0.5, 0.6) is 0 Å². The van der Waals surface area contributed by atoms with Gasteiger partial charge in [0.1, 0.15) is 5.54 Å². The van der Waals surface area contributed by atoms with Crippen molar-refractivity contribution in [3.8, 4) is 6.07 Å². The van der Waals surface area contributed by atoms with E-state index in [0.29, 0.717) is 5.56 Å². The molecule has 1 amide bonds. The second kappa shape index (κ2) is 4.80. The van der Waals surface area contributed by atoms with E-state index in [9.17, 15) is 4.79 Å². The van der Waals surface area contributed by atoms with Crippen LogP contribution in [-0.2, 0) is 0 Å². The number of benzene rings is 1. The zero-order valence-corrected chi connectivity index (χ0v) is 9.82. The average Bonchev–Trinajstić information content (AvgIpc) is 2.29. The number of carbonyl (C=O) groups is 1. The fourth-order valence-corrected chi connectivity index (χ4v) is 1.20. The first kappa shape index (κ1) is 12.3. The van der Waals surface area contributed by atoms with Crippen LogP contribution in [0.15, 0.2) is 30.3 Å². The number of rotatable bonds is 3. The Balaban J connectivity index is 2.83. The summed E-state index contributed by atoms with van der Waals surface area (Å²) in [6.45, 7) is 5.56. The van der Waals surface area contributed by atoms with E-state index in [0.717, 1.165) is 0 Å². The third-order valence-corrected chi connectivity index (χ3v) is 2.80. The molecule has 1 rings (SSSR count). The van der Waals surface area contributed by atoms with Crippen LogP contribution in [0, 0.1) is 17.2 Å². The minimum absolute atomic E-state index is 0.0603. The predicted octanol–water partition coefficient (Wildman–Crippen LogP) is 2.35. The Hall–Kier alpha value is -1.82. The van der Waals surface area contributed by atoms with Crippen LogP contribution in [-0.4, -0.2) is 11.4 Å². The minimum atomic E-state index is -0.826. The molecule has 0 saturated carbocycles. The maximum atomic E-state index is 11.9. The highest BCUT2D eigenvalue weighted by Gasteiger charge is 2.30. The standard InChI is InChI=1S/C13H16N2O/c1-10(2)13(3,9-14)15-12(16)11-7-5-4-6-8-11/h4-8,10H,1-3H3,(H,15,16). The van der Waals surface area contributed by atoms with Gasteiger partial charge in [0.15, 0.2) is 0 Å². The van der Waals surface area contributed by atoms with E-state index in [2.05, 4.69) is 11.4 Å². The maximum absolute atomic E-state index is 11.9. The normalized spacial score (nSPS) is 13.9. The van der Waals surface area contributed by atoms with Crippen LogP contribution < -0.4 is 5.32 Å². The second-order valence-corrected chi connectivity index (χ2v) is 4.29. The Labute approximate surface area is 96.1 Å². The van der Waals surface area contributed by atoms with Crippen molar-refractivity contribution in [1.82, 2.24) is 5.32 Å². The highest BCUT2D eigenvalue weighted by atomic mass is 16.1. The first-order chi connectivity index (χ1) is 7.49. The largest absolute Gasteiger partial charge is 0.334 e. The fourth-order valence-electron chi connectivity index (χ4n) is 1.20. The van der Waals surface area contributed by atoms with Gasteiger partial charge in [-0.15, -0.1) is 0 Å². The molecule has 0 fully saturated rings. The SMILES string of the molecule is CC(C)C(C)(C#N)NC(=O)c1ccccc1. The summed E-state index contributed by atoms with van der Waals surface area (Å²) in [5.41, 5.74) is -0.253. The maximum Gasteiger partial charge on any atom is 0.252 e. The third kappa shape index (κ3) is 2.60. The quantitative estimate of drug-likeness (QED) is 0.843. The Morgan fingerprint density at radius 2 is 1.94 bits per heavy atom. The van der Waals surface area contributed by atoms with E-state index in [4.69, 9.17) is 5.26 Å². The summed E-state index contributed by atoms with van der Waals surface area (Å²) < 4.78 is 0. The van der Waals surface area contributed by atoms with Gasteiger partial charge in [-0.25, -0.2) is 0 Å². The Bertz CT molecular complexity index is 406. The summed E-state index contributed by atoms with van der Waals surface area (Å²) in [4.78, 5) is 11.9. The number of hydrogen-bond donors (Lipinski definition) is 1. The molecule has 0 bridgehead atoms. The summed E-state index contributed by atoms with van der Waals surface area (Å²) in [5, 5.41) is 11.8. The number of nitrogens with zero attached hydrogens (tertiary/aromatic N) is 1. The van der Waals surface area contributed by atoms with Crippen molar-refractivity contribution in [2.24, 2.45) is 5.92 Å². The van der Waals surface area contributed by atoms with Crippen LogP contribution >= 0.6 is 0 Å². The van der Waals surface area contributed by atoms with Gasteiger partial charge in [0, 0.05) is 5.56 Å². The minimum Gasteiger partial charge on any atom is -0.334 e. The van der Waals surface area contributed by atoms with E-state index in [-0.39, 0.29) is 11.8 Å². The fraction of sp³-hybridized carbons (Fsp3) is 0.385. The Morgan fingerprint density at radius 1 is 1.38 bits per heavy atom. The van der Waals surface area contributed by atoms with Crippen molar-refractivity contribution in [1.29, 1.82) is 5.26 Å². The molecule has 0 radical (unpaired) electrons. The van der Waals surface area contributed by atoms with E-state index >= 15 is 0 Å². The van der Waals surface area contributed by atoms with Crippen molar-refractivity contribution in [2.45, 2.75) is 26.3 Å². The monoisotopic (exact) mass is 216 g/mol. The van der Waals surface area contributed by atoms with Gasteiger partial charge in [-0.05, 0) is 25.0 Å². The van der Waals surface area contributed by atoms with Crippen LogP contribution in [0.1, 0.15) is 31.1 Å². The molecule has 0 aromatic heterocycles. The molecule has 84 valence electrons. The topological polar surface area (TPSA) is 52.9 Å². The molecular weight excluding hydrogens is 200 g/mol. The molecule has 1 aromatic rings. The van der Waals surface area contributed by atoms with Crippen LogP contribution in [0.3, 0.4) is 0 Å². The summed E-state index contributed by atoms with van der Waals surface area (Å²) in [7, 11) is 0. The Kier molecular flexibility index (Phi) is 3.68. The van der Waals surface area contributed by atoms with Gasteiger partial charge >= 0.3 is 0 Å². The van der Waals surface area contributed by atoms with Crippen molar-refractivity contribution in [2.75, 3.05) is 0 Å². The summed E-state index contributed by atoms with van der Waals surface area (Å²) >= 11 is 0. The smallest absolute Gasteiger partial charge is 0.252 e. The average molecular weight is 216 g/mol. The highest BCUT2D eigenvalue weighted by molar-refractivity contribution is 5.94. The molecule has 1 atom stereocenters. The lowest BCUT2D eigenvalue weighted by Crippen LogP contribution is -2.48. The molecule has 1 unspecified atom stereocenters. The van der Waals surface area contributed by atoms with Crippen LogP contribution in [0.4, 0.5) is 0 Å². The van der Waals surface area contributed by atoms with Crippen LogP contribution in [0.2, 0.25) is 0 Å². The van der Waals surface area contributed by atoms with Gasteiger partial charge in [0.2, 0.25) is 0 Å². The predicted molar refractivity (Wildman–Crippen MR) is 62.8 cm³/mol. The van der Waals surface area contributed by atoms with Gasteiger partial charge in [0.05, 0.1) is 6.07 Å². The lowest BCUT2D eigenvalue weighted by atomic mass is 9.90. The first-order valence-corrected chi connectivity index (χ1v) is 5.28. The molecule has 0 aliphatic carbocycles. The molecule has 16 heavy (non-hydrogen) atoms. The molecule has 0 aliphatic heterocycles. The second-order valence-electron chi connectivity index (χ2n) is 4.29. The number of carbonyl (C=O) groups excluding carboxylic acids is 1. The molecule has 3 heteroatoms. The zero-order chi connectivity index (χ0) is 12.2. The molecular formula is C13H16N2O. The van der Waals surface area contributed by atoms with E-state index in [1.54, 1.807) is 31.2 Å². The third-order valence-electron chi connectivity index (χ3n) is 2.80. The first-order valence-electron chi connectivity index (χ1n) is 5.28. The number of nitrogens with one attached hydrogen (secondary N) is 1. The van der Waals surface area contributed by atoms with Crippen molar-refractivity contribution in [3.05, 3.63) is 35.9 Å². The van der Waals surface area contributed by atoms with Crippen molar-refractivity contribution in [3.63, 3.8) is 0 Å². The van der Waals surface area contributed by atoms with Crippen LogP contribution in [0.25, 0.3) is 0 Å². The van der Waals surface area contributed by atoms with E-state index < -0.39 is 5.54 Å². The van der Waals surface area contributed by atoms with Gasteiger partial charge in [-0.2, -0.15) is 5.26 Å². The summed E-state index contributed by atoms with van der Waals surface area (Å²) in [5.74, 6) is -0.150. The molecule has 0 saturated heterocycles. The molecule has 0 aliphatic rings. The summed E-state index contributed by atoms with van der Waals surface area (Å²) in [6.07, 6.45) is 0. The van der Waals surface area contributed by atoms with Crippen molar-refractivity contribution >= 4 is 5.91 Å². The molecule has 1 N–H and O–H groups in total. The van der Waals surface area contributed by atoms with Gasteiger partial charge in [-0.1, -0.05) is 32.0 Å². The highest BCUT2D eigenvalue weighted by Crippen LogP contribution is 2.16. The van der Waals surface area contributed by atoms with E-state index in [1.165, 1.54) is 0 Å². The molecule has 0 heterocycles. The molecule has 0 spiro atoms. The summed E-state index contributed by atoms with van der Waals surface area (Å²) in [6, 6.07) is 11.1. The van der Waals surface area contributed by atoms with Gasteiger partial charge in [-0.3, -0.25) is 4.79 Å². The molecule has 3 nitrogen and oxygen atoms in total. The number of amides is 1. The zero-order valence-electron chi connectivity index (χ0n) is 9.82. The lowest BCUT2D eigenvalue weighted by molar-refractivity contribution is 0.0908. The van der Waals surface area contributed by atoms with Gasteiger partial charge in [0.25, 0.3) is 5.91 Å². The number of nitriles is 1. The molecule has 1 aromatic carbocycles.